The first-order chi connectivity index (χ1) is 5.11. The molecule has 1 rings (SSSR count). The fourth-order valence-electron chi connectivity index (χ4n) is 1.21. The molecule has 0 fully saturated rings. The highest BCUT2D eigenvalue weighted by Gasteiger charge is 2.34. The van der Waals surface area contributed by atoms with Gasteiger partial charge in [0.05, 0.1) is 0 Å². The second kappa shape index (κ2) is 2.58. The Labute approximate surface area is 65.8 Å². The highest BCUT2D eigenvalue weighted by atomic mass is 16.1. The van der Waals surface area contributed by atoms with E-state index in [1.54, 1.807) is 6.92 Å². The first kappa shape index (κ1) is 8.14. The molecule has 3 nitrogen and oxygen atoms in total. The molecular weight excluding hydrogens is 140 g/mol. The van der Waals surface area contributed by atoms with Crippen molar-refractivity contribution in [1.29, 1.82) is 5.41 Å². The molecule has 0 radical (unpaired) electrons. The molecular formula is C8H12N2O. The number of Topliss-reactive ketones (excluding diaryl/α,β-unsaturated/α-hetero) is 1. The highest BCUT2D eigenvalue weighted by molar-refractivity contribution is 6.07. The van der Waals surface area contributed by atoms with Gasteiger partial charge in [0.15, 0.2) is 5.78 Å². The van der Waals surface area contributed by atoms with Crippen molar-refractivity contribution in [2.45, 2.75) is 25.3 Å². The zero-order valence-corrected chi connectivity index (χ0v) is 6.55. The molecule has 0 saturated carbocycles. The molecule has 0 aromatic carbocycles. The van der Waals surface area contributed by atoms with Gasteiger partial charge in [0.25, 0.3) is 0 Å². The van der Waals surface area contributed by atoms with Gasteiger partial charge >= 0.3 is 0 Å². The van der Waals surface area contributed by atoms with Gasteiger partial charge in [-0.2, -0.15) is 0 Å². The minimum absolute atomic E-state index is 0.0486. The van der Waals surface area contributed by atoms with Crippen LogP contribution in [0.2, 0.25) is 0 Å². The monoisotopic (exact) mass is 152 g/mol. The summed E-state index contributed by atoms with van der Waals surface area (Å²) in [6.07, 6.45) is 4.17. The van der Waals surface area contributed by atoms with Crippen molar-refractivity contribution in [2.75, 3.05) is 0 Å². The van der Waals surface area contributed by atoms with Crippen molar-refractivity contribution >= 4 is 12.0 Å². The maximum atomic E-state index is 11.2. The quantitative estimate of drug-likeness (QED) is 0.427. The number of hydrogen-bond donors (Lipinski definition) is 2. The number of nitrogens with two attached hydrogens (primary N) is 1. The number of ketones is 1. The van der Waals surface area contributed by atoms with Crippen LogP contribution in [0, 0.1) is 5.41 Å². The van der Waals surface area contributed by atoms with Crippen LogP contribution in [0.4, 0.5) is 0 Å². The fraction of sp³-hybridized carbons (Fsp3) is 0.500. The minimum atomic E-state index is -1.10. The molecule has 1 aliphatic rings. The molecule has 0 heterocycles. The molecule has 0 bridgehead atoms. The van der Waals surface area contributed by atoms with Crippen molar-refractivity contribution in [2.24, 2.45) is 5.73 Å². The molecule has 0 aliphatic heterocycles. The van der Waals surface area contributed by atoms with Gasteiger partial charge in [0.1, 0.15) is 5.54 Å². The maximum absolute atomic E-state index is 11.2. The molecule has 3 heteroatoms. The van der Waals surface area contributed by atoms with E-state index in [0.717, 1.165) is 18.2 Å². The Balaban J connectivity index is 3.06. The van der Waals surface area contributed by atoms with Crippen LogP contribution in [0.5, 0.6) is 0 Å². The third kappa shape index (κ3) is 1.12. The number of carbonyl (C=O) groups is 1. The molecule has 0 spiro atoms. The maximum Gasteiger partial charge on any atom is 0.162 e. The Morgan fingerprint density at radius 3 is 2.82 bits per heavy atom. The molecule has 11 heavy (non-hydrogen) atoms. The van der Waals surface area contributed by atoms with E-state index in [1.165, 1.54) is 0 Å². The number of hydrogen-bond acceptors (Lipinski definition) is 3. The van der Waals surface area contributed by atoms with Gasteiger partial charge in [0, 0.05) is 12.6 Å². The van der Waals surface area contributed by atoms with Crippen LogP contribution in [0.1, 0.15) is 19.8 Å². The van der Waals surface area contributed by atoms with E-state index in [9.17, 15) is 4.79 Å². The summed E-state index contributed by atoms with van der Waals surface area (Å²) in [5.41, 5.74) is 5.38. The predicted octanol–water partition coefficient (Wildman–Crippen LogP) is 0.643. The van der Waals surface area contributed by atoms with E-state index >= 15 is 0 Å². The SMILES string of the molecule is CC1=CCCC(=O)C1(N)C=N. The summed E-state index contributed by atoms with van der Waals surface area (Å²) < 4.78 is 0. The third-order valence-electron chi connectivity index (χ3n) is 2.16. The lowest BCUT2D eigenvalue weighted by Gasteiger charge is -2.27. The molecule has 1 aliphatic carbocycles. The van der Waals surface area contributed by atoms with E-state index in [0.29, 0.717) is 6.42 Å². The molecule has 1 atom stereocenters. The summed E-state index contributed by atoms with van der Waals surface area (Å²) in [5.74, 6) is -0.0486. The van der Waals surface area contributed by atoms with Gasteiger partial charge in [-0.3, -0.25) is 4.79 Å². The Kier molecular flexibility index (Phi) is 1.91. The normalized spacial score (nSPS) is 31.5. The van der Waals surface area contributed by atoms with E-state index in [2.05, 4.69) is 0 Å². The number of allylic oxidation sites excluding steroid dienone is 1. The minimum Gasteiger partial charge on any atom is -0.311 e. The summed E-state index contributed by atoms with van der Waals surface area (Å²) in [6, 6.07) is 0. The molecule has 0 saturated heterocycles. The van der Waals surface area contributed by atoms with Crippen LogP contribution >= 0.6 is 0 Å². The molecule has 0 aromatic rings. The van der Waals surface area contributed by atoms with Gasteiger partial charge in [-0.15, -0.1) is 0 Å². The zero-order valence-electron chi connectivity index (χ0n) is 6.55. The highest BCUT2D eigenvalue weighted by Crippen LogP contribution is 2.21. The summed E-state index contributed by atoms with van der Waals surface area (Å²) in [5, 5.41) is 7.04. The van der Waals surface area contributed by atoms with Gasteiger partial charge in [-0.05, 0) is 18.9 Å². The molecule has 3 N–H and O–H groups in total. The van der Waals surface area contributed by atoms with Gasteiger partial charge in [0.2, 0.25) is 0 Å². The molecule has 0 aromatic heterocycles. The van der Waals surface area contributed by atoms with Crippen LogP contribution in [0.15, 0.2) is 11.6 Å². The van der Waals surface area contributed by atoms with Crippen LogP contribution in [-0.4, -0.2) is 17.5 Å². The second-order valence-corrected chi connectivity index (χ2v) is 2.86. The van der Waals surface area contributed by atoms with Crippen molar-refractivity contribution in [3.05, 3.63) is 11.6 Å². The third-order valence-corrected chi connectivity index (χ3v) is 2.16. The first-order valence-electron chi connectivity index (χ1n) is 3.62. The Morgan fingerprint density at radius 2 is 2.45 bits per heavy atom. The predicted molar refractivity (Wildman–Crippen MR) is 43.7 cm³/mol. The van der Waals surface area contributed by atoms with Crippen molar-refractivity contribution in [3.63, 3.8) is 0 Å². The average Bonchev–Trinajstić information content (AvgIpc) is 2.00. The van der Waals surface area contributed by atoms with Gasteiger partial charge in [-0.25, -0.2) is 0 Å². The Morgan fingerprint density at radius 1 is 1.82 bits per heavy atom. The second-order valence-electron chi connectivity index (χ2n) is 2.86. The van der Waals surface area contributed by atoms with Crippen molar-refractivity contribution in [3.8, 4) is 0 Å². The Hall–Kier alpha value is -0.960. The van der Waals surface area contributed by atoms with Gasteiger partial charge < -0.3 is 11.1 Å². The first-order valence-corrected chi connectivity index (χ1v) is 3.62. The van der Waals surface area contributed by atoms with E-state index in [-0.39, 0.29) is 5.78 Å². The summed E-state index contributed by atoms with van der Waals surface area (Å²) in [4.78, 5) is 11.2. The van der Waals surface area contributed by atoms with E-state index in [4.69, 9.17) is 11.1 Å². The van der Waals surface area contributed by atoms with Gasteiger partial charge in [-0.1, -0.05) is 6.08 Å². The van der Waals surface area contributed by atoms with E-state index < -0.39 is 5.54 Å². The van der Waals surface area contributed by atoms with Crippen LogP contribution in [0.25, 0.3) is 0 Å². The van der Waals surface area contributed by atoms with Crippen LogP contribution in [-0.2, 0) is 4.79 Å². The standard InChI is InChI=1S/C8H12N2O/c1-6-3-2-4-7(11)8(6,10)5-9/h3,5,9H,2,4,10H2,1H3. The largest absolute Gasteiger partial charge is 0.311 e. The lowest BCUT2D eigenvalue weighted by atomic mass is 9.81. The summed E-state index contributed by atoms with van der Waals surface area (Å²) >= 11 is 0. The molecule has 0 amide bonds. The summed E-state index contributed by atoms with van der Waals surface area (Å²) in [6.45, 7) is 1.79. The fourth-order valence-corrected chi connectivity index (χ4v) is 1.21. The zero-order chi connectivity index (χ0) is 8.48. The van der Waals surface area contributed by atoms with Crippen LogP contribution in [0.3, 0.4) is 0 Å². The smallest absolute Gasteiger partial charge is 0.162 e. The number of nitrogens with one attached hydrogen (secondary N) is 1. The number of carbonyl (C=O) groups excluding carboxylic acids is 1. The van der Waals surface area contributed by atoms with Crippen molar-refractivity contribution in [1.82, 2.24) is 0 Å². The van der Waals surface area contributed by atoms with Crippen molar-refractivity contribution < 1.29 is 4.79 Å². The lowest BCUT2D eigenvalue weighted by Crippen LogP contribution is -2.51. The lowest BCUT2D eigenvalue weighted by molar-refractivity contribution is -0.121. The van der Waals surface area contributed by atoms with E-state index in [1.807, 2.05) is 6.08 Å². The molecule has 1 unspecified atom stereocenters. The summed E-state index contributed by atoms with van der Waals surface area (Å²) in [7, 11) is 0. The topological polar surface area (TPSA) is 66.9 Å². The Bertz CT molecular complexity index is 232. The molecule has 60 valence electrons. The average molecular weight is 152 g/mol. The number of rotatable bonds is 1. The van der Waals surface area contributed by atoms with Crippen LogP contribution < -0.4 is 5.73 Å².